The molecule has 1 N–H and O–H groups in total. The maximum absolute atomic E-state index is 10.9. The zero-order valence-electron chi connectivity index (χ0n) is 8.56. The minimum atomic E-state index is -0.322. The maximum atomic E-state index is 10.9. The fourth-order valence-corrected chi connectivity index (χ4v) is 2.22. The van der Waals surface area contributed by atoms with Crippen LogP contribution in [0.3, 0.4) is 0 Å². The normalized spacial score (nSPS) is 14.0. The summed E-state index contributed by atoms with van der Waals surface area (Å²) in [5.41, 5.74) is 2.60. The lowest BCUT2D eigenvalue weighted by molar-refractivity contribution is -0.383. The van der Waals surface area contributed by atoms with E-state index < -0.39 is 0 Å². The van der Waals surface area contributed by atoms with E-state index in [1.807, 2.05) is 18.2 Å². The van der Waals surface area contributed by atoms with E-state index in [0.717, 1.165) is 23.9 Å². The van der Waals surface area contributed by atoms with Gasteiger partial charge in [0.1, 0.15) is 0 Å². The van der Waals surface area contributed by atoms with E-state index in [0.29, 0.717) is 0 Å². The van der Waals surface area contributed by atoms with Crippen LogP contribution in [0, 0.1) is 10.1 Å². The molecule has 2 aromatic carbocycles. The molecule has 0 fully saturated rings. The van der Waals surface area contributed by atoms with Gasteiger partial charge in [0.2, 0.25) is 0 Å². The molecule has 0 amide bonds. The predicted octanol–water partition coefficient (Wildman–Crippen LogP) is 2.35. The summed E-state index contributed by atoms with van der Waals surface area (Å²) in [5, 5.41) is 15.8. The zero-order chi connectivity index (χ0) is 11.1. The van der Waals surface area contributed by atoms with E-state index in [9.17, 15) is 10.1 Å². The van der Waals surface area contributed by atoms with Crippen LogP contribution in [0.5, 0.6) is 0 Å². The highest BCUT2D eigenvalue weighted by molar-refractivity contribution is 5.92. The van der Waals surface area contributed by atoms with E-state index in [4.69, 9.17) is 0 Å². The van der Waals surface area contributed by atoms with Crippen LogP contribution < -0.4 is 5.32 Å². The first-order valence-electron chi connectivity index (χ1n) is 5.15. The first kappa shape index (κ1) is 9.30. The van der Waals surface area contributed by atoms with Crippen LogP contribution in [0.15, 0.2) is 30.3 Å². The van der Waals surface area contributed by atoms with E-state index in [1.165, 1.54) is 11.1 Å². The summed E-state index contributed by atoms with van der Waals surface area (Å²) < 4.78 is 0. The van der Waals surface area contributed by atoms with Crippen LogP contribution in [0.4, 0.5) is 5.69 Å². The number of nitrogens with one attached hydrogen (secondary N) is 1. The SMILES string of the molecule is O=[N+]([O-])c1cccc2cc3c(cc12)CNC3. The zero-order valence-corrected chi connectivity index (χ0v) is 8.56. The third kappa shape index (κ3) is 1.27. The van der Waals surface area contributed by atoms with Gasteiger partial charge in [-0.3, -0.25) is 10.1 Å². The standard InChI is InChI=1S/C12H10N2O2/c15-14(16)12-3-1-2-8-4-9-6-13-7-10(9)5-11(8)12/h1-5,13H,6-7H2. The second-order valence-corrected chi connectivity index (χ2v) is 3.98. The summed E-state index contributed by atoms with van der Waals surface area (Å²) in [6.07, 6.45) is 0. The van der Waals surface area contributed by atoms with Gasteiger partial charge in [0.05, 0.1) is 10.3 Å². The van der Waals surface area contributed by atoms with Crippen molar-refractivity contribution in [3.05, 3.63) is 51.6 Å². The van der Waals surface area contributed by atoms with Crippen LogP contribution in [0.2, 0.25) is 0 Å². The second-order valence-electron chi connectivity index (χ2n) is 3.98. The monoisotopic (exact) mass is 214 g/mol. The third-order valence-electron chi connectivity index (χ3n) is 3.01. The van der Waals surface area contributed by atoms with Crippen molar-refractivity contribution in [1.29, 1.82) is 0 Å². The first-order chi connectivity index (χ1) is 7.75. The van der Waals surface area contributed by atoms with Gasteiger partial charge in [-0.2, -0.15) is 0 Å². The van der Waals surface area contributed by atoms with Crippen LogP contribution in [-0.2, 0) is 13.1 Å². The van der Waals surface area contributed by atoms with Crippen molar-refractivity contribution in [3.63, 3.8) is 0 Å². The summed E-state index contributed by atoms with van der Waals surface area (Å²) in [7, 11) is 0. The van der Waals surface area contributed by atoms with Gasteiger partial charge < -0.3 is 5.32 Å². The Bertz CT molecular complexity index is 593. The number of rotatable bonds is 1. The molecular formula is C12H10N2O2. The lowest BCUT2D eigenvalue weighted by Gasteiger charge is -2.03. The van der Waals surface area contributed by atoms with Crippen molar-refractivity contribution in [3.8, 4) is 0 Å². The lowest BCUT2D eigenvalue weighted by Crippen LogP contribution is -1.99. The average Bonchev–Trinajstić information content (AvgIpc) is 2.71. The average molecular weight is 214 g/mol. The largest absolute Gasteiger partial charge is 0.309 e. The highest BCUT2D eigenvalue weighted by Crippen LogP contribution is 2.29. The summed E-state index contributed by atoms with van der Waals surface area (Å²) >= 11 is 0. The molecule has 0 aromatic heterocycles. The third-order valence-corrected chi connectivity index (χ3v) is 3.01. The molecule has 1 aliphatic rings. The van der Waals surface area contributed by atoms with Crippen molar-refractivity contribution in [1.82, 2.24) is 5.32 Å². The molecule has 1 heterocycles. The smallest absolute Gasteiger partial charge is 0.277 e. The maximum Gasteiger partial charge on any atom is 0.277 e. The molecule has 2 aromatic rings. The van der Waals surface area contributed by atoms with Gasteiger partial charge in [0, 0.05) is 19.2 Å². The molecule has 1 aliphatic heterocycles. The predicted molar refractivity (Wildman–Crippen MR) is 61.1 cm³/mol. The number of nitro groups is 1. The van der Waals surface area contributed by atoms with Crippen LogP contribution >= 0.6 is 0 Å². The Morgan fingerprint density at radius 1 is 1.19 bits per heavy atom. The fraction of sp³-hybridized carbons (Fsp3) is 0.167. The number of hydrogen-bond donors (Lipinski definition) is 1. The van der Waals surface area contributed by atoms with Gasteiger partial charge in [-0.15, -0.1) is 0 Å². The number of non-ortho nitro benzene ring substituents is 1. The fourth-order valence-electron chi connectivity index (χ4n) is 2.22. The van der Waals surface area contributed by atoms with Crippen molar-refractivity contribution >= 4 is 16.5 Å². The number of benzene rings is 2. The Morgan fingerprint density at radius 2 is 1.94 bits per heavy atom. The molecule has 4 nitrogen and oxygen atoms in total. The van der Waals surface area contributed by atoms with E-state index in [2.05, 4.69) is 5.32 Å². The van der Waals surface area contributed by atoms with Gasteiger partial charge >= 0.3 is 0 Å². The molecule has 4 heteroatoms. The lowest BCUT2D eigenvalue weighted by atomic mass is 10.0. The van der Waals surface area contributed by atoms with Crippen molar-refractivity contribution in [2.45, 2.75) is 13.1 Å². The Balaban J connectivity index is 2.35. The van der Waals surface area contributed by atoms with Crippen LogP contribution in [0.25, 0.3) is 10.8 Å². The van der Waals surface area contributed by atoms with Crippen LogP contribution in [0.1, 0.15) is 11.1 Å². The summed E-state index contributed by atoms with van der Waals surface area (Å²) in [4.78, 5) is 10.6. The number of fused-ring (bicyclic) bond motifs is 2. The molecule has 0 unspecified atom stereocenters. The number of nitrogens with zero attached hydrogens (tertiary/aromatic N) is 1. The van der Waals surface area contributed by atoms with Gasteiger partial charge in [0.15, 0.2) is 0 Å². The van der Waals surface area contributed by atoms with Gasteiger partial charge in [-0.05, 0) is 28.6 Å². The molecule has 0 radical (unpaired) electrons. The second kappa shape index (κ2) is 3.28. The number of hydrogen-bond acceptors (Lipinski definition) is 3. The topological polar surface area (TPSA) is 55.2 Å². The first-order valence-corrected chi connectivity index (χ1v) is 5.15. The molecule has 0 saturated carbocycles. The van der Waals surface area contributed by atoms with E-state index in [1.54, 1.807) is 12.1 Å². The Morgan fingerprint density at radius 3 is 2.69 bits per heavy atom. The molecular weight excluding hydrogens is 204 g/mol. The van der Waals surface area contributed by atoms with Gasteiger partial charge in [0.25, 0.3) is 5.69 Å². The molecule has 0 atom stereocenters. The molecule has 80 valence electrons. The van der Waals surface area contributed by atoms with Crippen LogP contribution in [-0.4, -0.2) is 4.92 Å². The highest BCUT2D eigenvalue weighted by Gasteiger charge is 2.16. The molecule has 0 spiro atoms. The van der Waals surface area contributed by atoms with Crippen molar-refractivity contribution in [2.75, 3.05) is 0 Å². The van der Waals surface area contributed by atoms with Gasteiger partial charge in [-0.1, -0.05) is 12.1 Å². The number of nitro benzene ring substituents is 1. The quantitative estimate of drug-likeness (QED) is 0.585. The Hall–Kier alpha value is -1.94. The molecule has 3 rings (SSSR count). The van der Waals surface area contributed by atoms with Crippen molar-refractivity contribution < 1.29 is 4.92 Å². The van der Waals surface area contributed by atoms with Crippen molar-refractivity contribution in [2.24, 2.45) is 0 Å². The molecule has 0 bridgehead atoms. The summed E-state index contributed by atoms with van der Waals surface area (Å²) in [6.45, 7) is 1.66. The summed E-state index contributed by atoms with van der Waals surface area (Å²) in [5.74, 6) is 0. The highest BCUT2D eigenvalue weighted by atomic mass is 16.6. The molecule has 16 heavy (non-hydrogen) atoms. The van der Waals surface area contributed by atoms with Gasteiger partial charge in [-0.25, -0.2) is 0 Å². The minimum Gasteiger partial charge on any atom is -0.309 e. The van der Waals surface area contributed by atoms with E-state index >= 15 is 0 Å². The molecule has 0 saturated heterocycles. The summed E-state index contributed by atoms with van der Waals surface area (Å²) in [6, 6.07) is 9.17. The Labute approximate surface area is 92.0 Å². The van der Waals surface area contributed by atoms with E-state index in [-0.39, 0.29) is 10.6 Å². The molecule has 0 aliphatic carbocycles. The Kier molecular flexibility index (Phi) is 1.91. The minimum absolute atomic E-state index is 0.187.